The van der Waals surface area contributed by atoms with Crippen molar-refractivity contribution in [1.29, 1.82) is 0 Å². The first kappa shape index (κ1) is 21.5. The zero-order chi connectivity index (χ0) is 20.1. The van der Waals surface area contributed by atoms with Crippen LogP contribution in [0.25, 0.3) is 10.4 Å². The molecule has 0 amide bonds. The van der Waals surface area contributed by atoms with Gasteiger partial charge in [-0.1, -0.05) is 31.1 Å². The third-order valence-electron chi connectivity index (χ3n) is 4.73. The molecule has 0 saturated carbocycles. The molecule has 9 heteroatoms. The average molecular weight is 386 g/mol. The van der Waals surface area contributed by atoms with Crippen molar-refractivity contribution < 1.29 is 23.1 Å². The highest BCUT2D eigenvalue weighted by Gasteiger charge is 2.46. The summed E-state index contributed by atoms with van der Waals surface area (Å²) in [5.74, 6) is 0.327. The van der Waals surface area contributed by atoms with Gasteiger partial charge in [0.15, 0.2) is 0 Å². The first-order chi connectivity index (χ1) is 12.7. The van der Waals surface area contributed by atoms with Crippen LogP contribution in [0.15, 0.2) is 29.4 Å². The standard InChI is InChI=1S/C18H25F3N4O2/c1-13(2)9-17(7-8-26)10-16(11-23-24-22)27-25(17)12-14-3-5-15(6-4-14)18(19,20)21/h3-6,13,16,26H,7-12H2,1-2H3/t16-,17-/m1/s1. The Hall–Kier alpha value is -1.80. The fourth-order valence-corrected chi connectivity index (χ4v) is 3.73. The highest BCUT2D eigenvalue weighted by atomic mass is 19.4. The molecular formula is C18H25F3N4O2. The maximum absolute atomic E-state index is 12.8. The minimum absolute atomic E-state index is 0.0339. The van der Waals surface area contributed by atoms with Crippen molar-refractivity contribution in [3.05, 3.63) is 45.8 Å². The van der Waals surface area contributed by atoms with Crippen LogP contribution in [0.4, 0.5) is 13.2 Å². The first-order valence-electron chi connectivity index (χ1n) is 8.92. The van der Waals surface area contributed by atoms with Crippen molar-refractivity contribution >= 4 is 0 Å². The number of aliphatic hydroxyl groups excluding tert-OH is 1. The molecule has 1 aromatic rings. The summed E-state index contributed by atoms with van der Waals surface area (Å²) in [6, 6.07) is 4.98. The van der Waals surface area contributed by atoms with Gasteiger partial charge in [-0.15, -0.1) is 0 Å². The molecule has 0 radical (unpaired) electrons. The molecule has 0 bridgehead atoms. The fraction of sp³-hybridized carbons (Fsp3) is 0.667. The van der Waals surface area contributed by atoms with Crippen LogP contribution in [-0.4, -0.2) is 35.0 Å². The van der Waals surface area contributed by atoms with E-state index in [0.29, 0.717) is 24.3 Å². The van der Waals surface area contributed by atoms with E-state index in [4.69, 9.17) is 10.4 Å². The van der Waals surface area contributed by atoms with E-state index in [-0.39, 0.29) is 25.8 Å². The molecule has 1 fully saturated rings. The summed E-state index contributed by atoms with van der Waals surface area (Å²) in [5, 5.41) is 14.9. The minimum atomic E-state index is -4.37. The number of alkyl halides is 3. The van der Waals surface area contributed by atoms with Gasteiger partial charge < -0.3 is 5.11 Å². The number of nitrogens with zero attached hydrogens (tertiary/aromatic N) is 4. The largest absolute Gasteiger partial charge is 0.416 e. The van der Waals surface area contributed by atoms with Gasteiger partial charge in [-0.3, -0.25) is 4.84 Å². The fourth-order valence-electron chi connectivity index (χ4n) is 3.73. The summed E-state index contributed by atoms with van der Waals surface area (Å²) < 4.78 is 38.3. The molecule has 1 N–H and O–H groups in total. The molecule has 1 saturated heterocycles. The van der Waals surface area contributed by atoms with Crippen molar-refractivity contribution in [2.75, 3.05) is 13.2 Å². The zero-order valence-electron chi connectivity index (χ0n) is 15.5. The van der Waals surface area contributed by atoms with E-state index in [9.17, 15) is 18.3 Å². The van der Waals surface area contributed by atoms with Crippen molar-refractivity contribution in [2.24, 2.45) is 11.0 Å². The summed E-state index contributed by atoms with van der Waals surface area (Å²) in [4.78, 5) is 8.74. The Bertz CT molecular complexity index is 660. The smallest absolute Gasteiger partial charge is 0.396 e. The molecular weight excluding hydrogens is 361 g/mol. The van der Waals surface area contributed by atoms with E-state index in [1.807, 2.05) is 0 Å². The normalized spacial score (nSPS) is 23.6. The molecule has 6 nitrogen and oxygen atoms in total. The van der Waals surface area contributed by atoms with Gasteiger partial charge >= 0.3 is 6.18 Å². The van der Waals surface area contributed by atoms with Crippen LogP contribution in [0.1, 0.15) is 44.2 Å². The van der Waals surface area contributed by atoms with Crippen molar-refractivity contribution in [1.82, 2.24) is 5.06 Å². The molecule has 0 unspecified atom stereocenters. The van der Waals surface area contributed by atoms with Crippen molar-refractivity contribution in [3.63, 3.8) is 0 Å². The number of azide groups is 1. The molecule has 2 rings (SSSR count). The Morgan fingerprint density at radius 1 is 1.37 bits per heavy atom. The lowest BCUT2D eigenvalue weighted by Crippen LogP contribution is -2.44. The lowest BCUT2D eigenvalue weighted by atomic mass is 9.81. The number of aliphatic hydroxyl groups is 1. The molecule has 27 heavy (non-hydrogen) atoms. The summed E-state index contributed by atoms with van der Waals surface area (Å²) in [6.07, 6.45) is -2.88. The number of hydrogen-bond donors (Lipinski definition) is 1. The molecule has 1 aliphatic heterocycles. The monoisotopic (exact) mass is 386 g/mol. The lowest BCUT2D eigenvalue weighted by Gasteiger charge is -2.37. The predicted molar refractivity (Wildman–Crippen MR) is 94.4 cm³/mol. The molecule has 0 spiro atoms. The van der Waals surface area contributed by atoms with Crippen LogP contribution in [-0.2, 0) is 17.6 Å². The Morgan fingerprint density at radius 2 is 2.04 bits per heavy atom. The highest BCUT2D eigenvalue weighted by molar-refractivity contribution is 5.24. The van der Waals surface area contributed by atoms with E-state index in [1.165, 1.54) is 12.1 Å². The van der Waals surface area contributed by atoms with Crippen molar-refractivity contribution in [3.8, 4) is 0 Å². The van der Waals surface area contributed by atoms with Gasteiger partial charge in [0.2, 0.25) is 0 Å². The highest BCUT2D eigenvalue weighted by Crippen LogP contribution is 2.41. The van der Waals surface area contributed by atoms with Gasteiger partial charge in [0.05, 0.1) is 23.8 Å². The molecule has 150 valence electrons. The summed E-state index contributed by atoms with van der Waals surface area (Å²) in [5.41, 5.74) is 8.08. The third kappa shape index (κ3) is 5.59. The predicted octanol–water partition coefficient (Wildman–Crippen LogP) is 4.69. The van der Waals surface area contributed by atoms with Crippen molar-refractivity contribution in [2.45, 2.75) is 57.5 Å². The van der Waals surface area contributed by atoms with Gasteiger partial charge in [0.25, 0.3) is 0 Å². The van der Waals surface area contributed by atoms with E-state index < -0.39 is 17.3 Å². The van der Waals surface area contributed by atoms with Gasteiger partial charge in [0, 0.05) is 18.1 Å². The molecule has 1 aromatic carbocycles. The second-order valence-corrected chi connectivity index (χ2v) is 7.37. The Labute approximate surface area is 156 Å². The Kier molecular flexibility index (Phi) is 7.11. The Morgan fingerprint density at radius 3 is 2.56 bits per heavy atom. The van der Waals surface area contributed by atoms with E-state index in [2.05, 4.69) is 23.9 Å². The molecule has 2 atom stereocenters. The maximum Gasteiger partial charge on any atom is 0.416 e. The van der Waals surface area contributed by atoms with E-state index in [0.717, 1.165) is 18.6 Å². The van der Waals surface area contributed by atoms with Crippen LogP contribution >= 0.6 is 0 Å². The number of rotatable bonds is 8. The summed E-state index contributed by atoms with van der Waals surface area (Å²) in [7, 11) is 0. The minimum Gasteiger partial charge on any atom is -0.396 e. The van der Waals surface area contributed by atoms with Crippen LogP contribution in [0.2, 0.25) is 0 Å². The topological polar surface area (TPSA) is 81.5 Å². The number of hydrogen-bond acceptors (Lipinski definition) is 4. The molecule has 1 heterocycles. The molecule has 0 aliphatic carbocycles. The lowest BCUT2D eigenvalue weighted by molar-refractivity contribution is -0.199. The molecule has 1 aliphatic rings. The van der Waals surface area contributed by atoms with Crippen LogP contribution in [0.3, 0.4) is 0 Å². The molecule has 0 aromatic heterocycles. The van der Waals surface area contributed by atoms with Gasteiger partial charge in [0.1, 0.15) is 0 Å². The van der Waals surface area contributed by atoms with E-state index in [1.54, 1.807) is 5.06 Å². The number of benzene rings is 1. The van der Waals surface area contributed by atoms with Crippen LogP contribution in [0, 0.1) is 5.92 Å². The van der Waals surface area contributed by atoms with Crippen LogP contribution < -0.4 is 0 Å². The third-order valence-corrected chi connectivity index (χ3v) is 4.73. The van der Waals surface area contributed by atoms with Crippen LogP contribution in [0.5, 0.6) is 0 Å². The Balaban J connectivity index is 2.24. The quantitative estimate of drug-likeness (QED) is 0.400. The zero-order valence-corrected chi connectivity index (χ0v) is 15.5. The van der Waals surface area contributed by atoms with Gasteiger partial charge in [-0.25, -0.2) is 0 Å². The maximum atomic E-state index is 12.8. The second kappa shape index (κ2) is 8.93. The number of hydroxylamine groups is 2. The first-order valence-corrected chi connectivity index (χ1v) is 8.92. The average Bonchev–Trinajstić information content (AvgIpc) is 2.89. The SMILES string of the molecule is CC(C)C[C@]1(CCO)C[C@H](CN=[N+]=[N-])ON1Cc1ccc(C(F)(F)F)cc1. The number of halogens is 3. The summed E-state index contributed by atoms with van der Waals surface area (Å²) in [6.45, 7) is 4.56. The second-order valence-electron chi connectivity index (χ2n) is 7.37. The van der Waals surface area contributed by atoms with Gasteiger partial charge in [-0.05, 0) is 48.4 Å². The summed E-state index contributed by atoms with van der Waals surface area (Å²) >= 11 is 0. The van der Waals surface area contributed by atoms with E-state index >= 15 is 0 Å². The van der Waals surface area contributed by atoms with Gasteiger partial charge in [-0.2, -0.15) is 18.2 Å².